The SMILES string of the molecule is CNC(=O)c1cc2sc(OC3CN(C(=O)N4N=CCC4c4cc(F)cc(F)c4)C3)nc2[nH]1. The molecule has 3 amide bonds. The first-order valence-electron chi connectivity index (χ1n) is 9.86. The van der Waals surface area contributed by atoms with E-state index in [0.717, 1.165) is 10.8 Å². The molecule has 5 rings (SSSR count). The molecule has 2 aromatic heterocycles. The van der Waals surface area contributed by atoms with Gasteiger partial charge in [-0.2, -0.15) is 10.1 Å². The lowest BCUT2D eigenvalue weighted by Crippen LogP contribution is -2.58. The Morgan fingerprint density at radius 2 is 1.97 bits per heavy atom. The minimum Gasteiger partial charge on any atom is -0.463 e. The minimum absolute atomic E-state index is 0.227. The smallest absolute Gasteiger partial charge is 0.341 e. The third-order valence-corrected chi connectivity index (χ3v) is 6.21. The Hall–Kier alpha value is -3.54. The van der Waals surface area contributed by atoms with Gasteiger partial charge in [-0.3, -0.25) is 4.79 Å². The van der Waals surface area contributed by atoms with Crippen LogP contribution in [0.4, 0.5) is 13.6 Å². The summed E-state index contributed by atoms with van der Waals surface area (Å²) >= 11 is 1.31. The van der Waals surface area contributed by atoms with E-state index >= 15 is 0 Å². The first-order chi connectivity index (χ1) is 15.4. The summed E-state index contributed by atoms with van der Waals surface area (Å²) in [7, 11) is 1.55. The lowest BCUT2D eigenvalue weighted by molar-refractivity contribution is 0.0277. The standard InChI is InChI=1S/C20H18F2N6O3S/c1-23-18(29)14-7-16-17(25-14)26-19(32-16)31-13-8-27(9-13)20(30)28-15(2-3-24-28)10-4-11(21)6-12(22)5-10/h3-7,13,15,25H,2,8-9H2,1H3,(H,23,29). The van der Waals surface area contributed by atoms with Gasteiger partial charge in [-0.05, 0) is 23.8 Å². The number of carbonyl (C=O) groups excluding carboxylic acids is 2. The number of aromatic nitrogens is 2. The van der Waals surface area contributed by atoms with Gasteiger partial charge >= 0.3 is 6.03 Å². The number of carbonyl (C=O) groups is 2. The molecule has 2 aliphatic rings. The van der Waals surface area contributed by atoms with Crippen LogP contribution in [0.15, 0.2) is 29.4 Å². The summed E-state index contributed by atoms with van der Waals surface area (Å²) in [5.74, 6) is -1.62. The number of fused-ring (bicyclic) bond motifs is 1. The van der Waals surface area contributed by atoms with Crippen molar-refractivity contribution >= 4 is 39.8 Å². The molecule has 1 atom stereocenters. The maximum Gasteiger partial charge on any atom is 0.341 e. The predicted octanol–water partition coefficient (Wildman–Crippen LogP) is 2.88. The number of rotatable bonds is 4. The van der Waals surface area contributed by atoms with Crippen molar-refractivity contribution < 1.29 is 23.1 Å². The van der Waals surface area contributed by atoms with Crippen LogP contribution in [0, 0.1) is 11.6 Å². The van der Waals surface area contributed by atoms with Crippen LogP contribution < -0.4 is 10.1 Å². The van der Waals surface area contributed by atoms with Gasteiger partial charge in [0.1, 0.15) is 23.4 Å². The summed E-state index contributed by atoms with van der Waals surface area (Å²) in [6, 6.07) is 4.02. The van der Waals surface area contributed by atoms with Crippen LogP contribution >= 0.6 is 11.3 Å². The molecule has 4 heterocycles. The molecule has 0 bridgehead atoms. The molecule has 2 aliphatic heterocycles. The van der Waals surface area contributed by atoms with Crippen molar-refractivity contribution in [3.05, 3.63) is 47.2 Å². The van der Waals surface area contributed by atoms with Gasteiger partial charge in [-0.15, -0.1) is 0 Å². The maximum absolute atomic E-state index is 13.6. The maximum atomic E-state index is 13.6. The van der Waals surface area contributed by atoms with Gasteiger partial charge in [0.15, 0.2) is 5.65 Å². The number of urea groups is 1. The largest absolute Gasteiger partial charge is 0.463 e. The van der Waals surface area contributed by atoms with Gasteiger partial charge in [0.2, 0.25) is 0 Å². The average Bonchev–Trinajstić information content (AvgIpc) is 3.43. The molecular weight excluding hydrogens is 442 g/mol. The number of aromatic amines is 1. The van der Waals surface area contributed by atoms with E-state index in [1.165, 1.54) is 28.5 Å². The Labute approximate surface area is 184 Å². The zero-order chi connectivity index (χ0) is 22.4. The molecule has 12 heteroatoms. The number of thiazole rings is 1. The zero-order valence-corrected chi connectivity index (χ0v) is 17.7. The third kappa shape index (κ3) is 3.66. The van der Waals surface area contributed by atoms with Crippen LogP contribution in [0.1, 0.15) is 28.5 Å². The second-order valence-corrected chi connectivity index (χ2v) is 8.47. The highest BCUT2D eigenvalue weighted by Crippen LogP contribution is 2.33. The molecule has 9 nitrogen and oxygen atoms in total. The van der Waals surface area contributed by atoms with Gasteiger partial charge in [0.25, 0.3) is 11.1 Å². The molecule has 1 fully saturated rings. The fourth-order valence-electron chi connectivity index (χ4n) is 3.70. The molecule has 32 heavy (non-hydrogen) atoms. The monoisotopic (exact) mass is 460 g/mol. The molecule has 1 aromatic carbocycles. The molecular formula is C20H18F2N6O3S. The lowest BCUT2D eigenvalue weighted by Gasteiger charge is -2.40. The summed E-state index contributed by atoms with van der Waals surface area (Å²) in [5.41, 5.74) is 1.34. The summed E-state index contributed by atoms with van der Waals surface area (Å²) < 4.78 is 33.8. The molecule has 0 aliphatic carbocycles. The summed E-state index contributed by atoms with van der Waals surface area (Å²) in [5, 5.41) is 8.33. The van der Waals surface area contributed by atoms with E-state index in [9.17, 15) is 18.4 Å². The van der Waals surface area contributed by atoms with Crippen molar-refractivity contribution in [3.8, 4) is 5.19 Å². The Kier molecular flexibility index (Phi) is 5.00. The normalized spacial score (nSPS) is 18.3. The summed E-state index contributed by atoms with van der Waals surface area (Å²) in [6.45, 7) is 0.679. The number of amides is 3. The van der Waals surface area contributed by atoms with Gasteiger partial charge in [-0.1, -0.05) is 11.3 Å². The Morgan fingerprint density at radius 1 is 1.22 bits per heavy atom. The minimum atomic E-state index is -0.696. The Balaban J connectivity index is 1.20. The first kappa shape index (κ1) is 20.4. The van der Waals surface area contributed by atoms with Crippen LogP contribution in [0.5, 0.6) is 5.19 Å². The molecule has 0 radical (unpaired) electrons. The topological polar surface area (TPSA) is 103 Å². The Morgan fingerprint density at radius 3 is 2.66 bits per heavy atom. The van der Waals surface area contributed by atoms with Crippen molar-refractivity contribution in [3.63, 3.8) is 0 Å². The number of benzene rings is 1. The van der Waals surface area contributed by atoms with Gasteiger partial charge in [0.05, 0.1) is 23.8 Å². The number of nitrogens with one attached hydrogen (secondary N) is 2. The molecule has 1 unspecified atom stereocenters. The van der Waals surface area contributed by atoms with Gasteiger partial charge in [0, 0.05) is 25.7 Å². The number of halogens is 2. The number of hydrazone groups is 1. The van der Waals surface area contributed by atoms with Crippen LogP contribution in [-0.4, -0.2) is 64.3 Å². The van der Waals surface area contributed by atoms with E-state index in [0.29, 0.717) is 41.6 Å². The molecule has 0 saturated carbocycles. The number of hydrogen-bond acceptors (Lipinski definition) is 6. The van der Waals surface area contributed by atoms with Crippen LogP contribution in [0.2, 0.25) is 0 Å². The van der Waals surface area contributed by atoms with E-state index < -0.39 is 17.7 Å². The fraction of sp³-hybridized carbons (Fsp3) is 0.300. The third-order valence-electron chi connectivity index (χ3n) is 5.32. The van der Waals surface area contributed by atoms with Crippen molar-refractivity contribution in [1.29, 1.82) is 0 Å². The van der Waals surface area contributed by atoms with E-state index in [1.54, 1.807) is 24.2 Å². The molecule has 2 N–H and O–H groups in total. The fourth-order valence-corrected chi connectivity index (χ4v) is 4.58. The highest BCUT2D eigenvalue weighted by Gasteiger charge is 2.39. The number of nitrogens with zero attached hydrogens (tertiary/aromatic N) is 4. The lowest BCUT2D eigenvalue weighted by atomic mass is 10.0. The molecule has 166 valence electrons. The summed E-state index contributed by atoms with van der Waals surface area (Å²) in [6.07, 6.45) is 1.71. The molecule has 3 aromatic rings. The number of ether oxygens (including phenoxy) is 1. The Bertz CT molecular complexity index is 1180. The number of hydrogen-bond donors (Lipinski definition) is 2. The molecule has 0 spiro atoms. The van der Waals surface area contributed by atoms with E-state index in [1.807, 2.05) is 0 Å². The van der Waals surface area contributed by atoms with Crippen LogP contribution in [-0.2, 0) is 0 Å². The average molecular weight is 460 g/mol. The quantitative estimate of drug-likeness (QED) is 0.625. The van der Waals surface area contributed by atoms with E-state index in [-0.39, 0.29) is 18.0 Å². The highest BCUT2D eigenvalue weighted by molar-refractivity contribution is 7.20. The van der Waals surface area contributed by atoms with Crippen molar-refractivity contribution in [2.45, 2.75) is 18.6 Å². The van der Waals surface area contributed by atoms with Crippen molar-refractivity contribution in [1.82, 2.24) is 25.2 Å². The van der Waals surface area contributed by atoms with Crippen LogP contribution in [0.3, 0.4) is 0 Å². The highest BCUT2D eigenvalue weighted by atomic mass is 32.1. The number of H-pyrrole nitrogens is 1. The van der Waals surface area contributed by atoms with Gasteiger partial charge < -0.3 is 19.9 Å². The molecule has 1 saturated heterocycles. The van der Waals surface area contributed by atoms with Crippen LogP contribution in [0.25, 0.3) is 10.3 Å². The second kappa shape index (κ2) is 7.86. The number of likely N-dealkylation sites (tertiary alicyclic amines) is 1. The zero-order valence-electron chi connectivity index (χ0n) is 16.8. The summed E-state index contributed by atoms with van der Waals surface area (Å²) in [4.78, 5) is 33.3. The van der Waals surface area contributed by atoms with Crippen molar-refractivity contribution in [2.24, 2.45) is 5.10 Å². The van der Waals surface area contributed by atoms with E-state index in [4.69, 9.17) is 4.74 Å². The first-order valence-corrected chi connectivity index (χ1v) is 10.7. The predicted molar refractivity (Wildman–Crippen MR) is 113 cm³/mol. The van der Waals surface area contributed by atoms with Crippen molar-refractivity contribution in [2.75, 3.05) is 20.1 Å². The van der Waals surface area contributed by atoms with E-state index in [2.05, 4.69) is 20.4 Å². The second-order valence-electron chi connectivity index (χ2n) is 7.48. The van der Waals surface area contributed by atoms with Gasteiger partial charge in [-0.25, -0.2) is 18.6 Å².